The molecule has 1 rings (SSSR count). The van der Waals surface area contributed by atoms with Crippen LogP contribution in [-0.2, 0) is 4.74 Å². The summed E-state index contributed by atoms with van der Waals surface area (Å²) >= 11 is 5.57. The predicted octanol–water partition coefficient (Wildman–Crippen LogP) is 3.57. The number of hydrogen-bond donors (Lipinski definition) is 2. The van der Waals surface area contributed by atoms with Crippen LogP contribution in [-0.4, -0.2) is 23.4 Å². The molecule has 20 heavy (non-hydrogen) atoms. The maximum absolute atomic E-state index is 11.7. The molecule has 0 unspecified atom stereocenters. The summed E-state index contributed by atoms with van der Waals surface area (Å²) < 4.78 is 5.19. The summed E-state index contributed by atoms with van der Waals surface area (Å²) in [5.74, 6) is 0.524. The molecule has 0 bridgehead atoms. The number of aliphatic imine (C=N–C) groups is 1. The first-order valence-electron chi connectivity index (χ1n) is 6.21. The summed E-state index contributed by atoms with van der Waals surface area (Å²) in [5, 5.41) is 2.69. The van der Waals surface area contributed by atoms with Gasteiger partial charge < -0.3 is 10.5 Å². The van der Waals surface area contributed by atoms with E-state index in [4.69, 9.17) is 22.1 Å². The number of amides is 1. The first-order chi connectivity index (χ1) is 9.21. The number of nitrogens with two attached hydrogens (primary N) is 1. The lowest BCUT2D eigenvalue weighted by atomic mass is 10.2. The summed E-state index contributed by atoms with van der Waals surface area (Å²) in [6.45, 7) is 7.30. The third-order valence-corrected chi connectivity index (χ3v) is 2.53. The Labute approximate surface area is 124 Å². The average molecular weight is 298 g/mol. The second kappa shape index (κ2) is 6.61. The minimum atomic E-state index is -0.531. The molecule has 3 N–H and O–H groups in total. The van der Waals surface area contributed by atoms with E-state index in [2.05, 4.69) is 10.3 Å². The largest absolute Gasteiger partial charge is 0.444 e. The van der Waals surface area contributed by atoms with E-state index < -0.39 is 11.7 Å². The van der Waals surface area contributed by atoms with Crippen molar-refractivity contribution in [3.63, 3.8) is 0 Å². The van der Waals surface area contributed by atoms with E-state index in [0.29, 0.717) is 17.2 Å². The third-order valence-electron chi connectivity index (χ3n) is 2.26. The Kier molecular flexibility index (Phi) is 5.39. The van der Waals surface area contributed by atoms with E-state index in [-0.39, 0.29) is 5.88 Å². The van der Waals surface area contributed by atoms with Gasteiger partial charge in [0.15, 0.2) is 0 Å². The molecule has 0 atom stereocenters. The summed E-state index contributed by atoms with van der Waals surface area (Å²) in [5.41, 5.74) is 7.26. The van der Waals surface area contributed by atoms with Gasteiger partial charge in [-0.15, -0.1) is 11.6 Å². The maximum atomic E-state index is 11.7. The van der Waals surface area contributed by atoms with Crippen LogP contribution >= 0.6 is 11.6 Å². The molecule has 0 aromatic heterocycles. The van der Waals surface area contributed by atoms with E-state index in [1.165, 1.54) is 0 Å². The van der Waals surface area contributed by atoms with Gasteiger partial charge in [0.05, 0.1) is 11.6 Å². The van der Waals surface area contributed by atoms with Gasteiger partial charge in [-0.05, 0) is 51.5 Å². The number of alkyl halides is 1. The number of ether oxygens (including phenoxy) is 1. The van der Waals surface area contributed by atoms with Gasteiger partial charge in [0.2, 0.25) is 0 Å². The number of anilines is 1. The van der Waals surface area contributed by atoms with Crippen LogP contribution in [0.5, 0.6) is 0 Å². The number of halogens is 1. The zero-order valence-electron chi connectivity index (χ0n) is 12.2. The molecule has 1 amide bonds. The number of nitrogens with zero attached hydrogens (tertiary/aromatic N) is 1. The van der Waals surface area contributed by atoms with E-state index in [9.17, 15) is 4.79 Å². The predicted molar refractivity (Wildman–Crippen MR) is 83.0 cm³/mol. The Bertz CT molecular complexity index is 522. The van der Waals surface area contributed by atoms with Crippen molar-refractivity contribution in [3.8, 4) is 0 Å². The molecular formula is C14H20ClN3O2. The lowest BCUT2D eigenvalue weighted by Crippen LogP contribution is -2.27. The van der Waals surface area contributed by atoms with E-state index in [1.54, 1.807) is 12.1 Å². The monoisotopic (exact) mass is 297 g/mol. The van der Waals surface area contributed by atoms with Crippen LogP contribution in [0.2, 0.25) is 0 Å². The van der Waals surface area contributed by atoms with Crippen molar-refractivity contribution in [2.75, 3.05) is 11.2 Å². The van der Waals surface area contributed by atoms with Gasteiger partial charge in [0.1, 0.15) is 11.4 Å². The quantitative estimate of drug-likeness (QED) is 0.509. The first-order valence-corrected chi connectivity index (χ1v) is 6.74. The highest BCUT2D eigenvalue weighted by molar-refractivity contribution is 6.28. The lowest BCUT2D eigenvalue weighted by Gasteiger charge is -2.20. The summed E-state index contributed by atoms with van der Waals surface area (Å²) in [6.07, 6.45) is -0.489. The number of amidine groups is 1. The van der Waals surface area contributed by atoms with Crippen molar-refractivity contribution in [2.45, 2.75) is 33.3 Å². The number of aryl methyl sites for hydroxylation is 1. The fourth-order valence-electron chi connectivity index (χ4n) is 1.47. The Morgan fingerprint density at radius 2 is 2.10 bits per heavy atom. The molecule has 0 aliphatic rings. The van der Waals surface area contributed by atoms with Gasteiger partial charge in [0, 0.05) is 5.69 Å². The summed E-state index contributed by atoms with van der Waals surface area (Å²) in [4.78, 5) is 15.8. The molecule has 0 spiro atoms. The molecule has 5 nitrogen and oxygen atoms in total. The number of benzene rings is 1. The molecule has 0 heterocycles. The average Bonchev–Trinajstić information content (AvgIpc) is 2.30. The van der Waals surface area contributed by atoms with Crippen LogP contribution in [0.15, 0.2) is 23.2 Å². The molecule has 0 radical (unpaired) electrons. The van der Waals surface area contributed by atoms with Gasteiger partial charge in [-0.25, -0.2) is 9.79 Å². The molecule has 6 heteroatoms. The molecule has 110 valence electrons. The van der Waals surface area contributed by atoms with E-state index in [0.717, 1.165) is 5.56 Å². The SMILES string of the molecule is Cc1cc(N=C(N)CCl)ccc1NC(=O)OC(C)(C)C. The fourth-order valence-corrected chi connectivity index (χ4v) is 1.53. The lowest BCUT2D eigenvalue weighted by molar-refractivity contribution is 0.0636. The Morgan fingerprint density at radius 1 is 1.45 bits per heavy atom. The summed E-state index contributed by atoms with van der Waals surface area (Å²) in [6, 6.07) is 5.31. The van der Waals surface area contributed by atoms with Gasteiger partial charge in [-0.1, -0.05) is 0 Å². The van der Waals surface area contributed by atoms with Crippen LogP contribution in [0.4, 0.5) is 16.2 Å². The van der Waals surface area contributed by atoms with Crippen molar-refractivity contribution in [3.05, 3.63) is 23.8 Å². The number of hydrogen-bond acceptors (Lipinski definition) is 3. The molecule has 1 aromatic rings. The molecule has 0 fully saturated rings. The highest BCUT2D eigenvalue weighted by Crippen LogP contribution is 2.22. The number of rotatable bonds is 3. The Morgan fingerprint density at radius 3 is 2.60 bits per heavy atom. The molecule has 0 saturated carbocycles. The van der Waals surface area contributed by atoms with Gasteiger partial charge in [-0.2, -0.15) is 0 Å². The van der Waals surface area contributed by atoms with Crippen LogP contribution in [0.25, 0.3) is 0 Å². The van der Waals surface area contributed by atoms with Gasteiger partial charge >= 0.3 is 6.09 Å². The van der Waals surface area contributed by atoms with Crippen molar-refractivity contribution in [2.24, 2.45) is 10.7 Å². The zero-order valence-corrected chi connectivity index (χ0v) is 12.9. The van der Waals surface area contributed by atoms with Crippen molar-refractivity contribution >= 4 is 34.9 Å². The second-order valence-corrected chi connectivity index (χ2v) is 5.63. The molecular weight excluding hydrogens is 278 g/mol. The number of carbonyl (C=O) groups excluding carboxylic acids is 1. The zero-order chi connectivity index (χ0) is 15.3. The van der Waals surface area contributed by atoms with Gasteiger partial charge in [0.25, 0.3) is 0 Å². The normalized spacial score (nSPS) is 12.2. The highest BCUT2D eigenvalue weighted by Gasteiger charge is 2.16. The summed E-state index contributed by atoms with van der Waals surface area (Å²) in [7, 11) is 0. The van der Waals surface area contributed by atoms with Gasteiger partial charge in [-0.3, -0.25) is 5.32 Å². The minimum Gasteiger partial charge on any atom is -0.444 e. The third kappa shape index (κ3) is 5.48. The van der Waals surface area contributed by atoms with E-state index in [1.807, 2.05) is 33.8 Å². The molecule has 0 aliphatic heterocycles. The van der Waals surface area contributed by atoms with Crippen LogP contribution < -0.4 is 11.1 Å². The first kappa shape index (κ1) is 16.3. The van der Waals surface area contributed by atoms with Crippen molar-refractivity contribution in [1.82, 2.24) is 0 Å². The maximum Gasteiger partial charge on any atom is 0.412 e. The Balaban J connectivity index is 2.81. The van der Waals surface area contributed by atoms with Crippen LogP contribution in [0.1, 0.15) is 26.3 Å². The molecule has 0 saturated heterocycles. The standard InChI is InChI=1S/C14H20ClN3O2/c1-9-7-10(17-12(16)8-15)5-6-11(9)18-13(19)20-14(2,3)4/h5-7H,8H2,1-4H3,(H2,16,17)(H,18,19). The number of carbonyl (C=O) groups is 1. The minimum absolute atomic E-state index is 0.178. The number of nitrogens with one attached hydrogen (secondary N) is 1. The van der Waals surface area contributed by atoms with Crippen molar-refractivity contribution in [1.29, 1.82) is 0 Å². The van der Waals surface area contributed by atoms with Crippen LogP contribution in [0, 0.1) is 6.92 Å². The Hall–Kier alpha value is -1.75. The second-order valence-electron chi connectivity index (χ2n) is 5.36. The highest BCUT2D eigenvalue weighted by atomic mass is 35.5. The van der Waals surface area contributed by atoms with Crippen molar-refractivity contribution < 1.29 is 9.53 Å². The fraction of sp³-hybridized carbons (Fsp3) is 0.429. The van der Waals surface area contributed by atoms with Crippen LogP contribution in [0.3, 0.4) is 0 Å². The van der Waals surface area contributed by atoms with E-state index >= 15 is 0 Å². The molecule has 0 aliphatic carbocycles. The smallest absolute Gasteiger partial charge is 0.412 e. The molecule has 1 aromatic carbocycles. The topological polar surface area (TPSA) is 76.7 Å².